The lowest BCUT2D eigenvalue weighted by atomic mass is 9.81. The van der Waals surface area contributed by atoms with Crippen molar-refractivity contribution in [3.63, 3.8) is 0 Å². The molecule has 0 aromatic heterocycles. The van der Waals surface area contributed by atoms with Crippen LogP contribution >= 0.6 is 0 Å². The molecule has 24 heteroatoms. The van der Waals surface area contributed by atoms with Crippen LogP contribution in [0, 0.1) is 5.92 Å². The quantitative estimate of drug-likeness (QED) is 0.247. The van der Waals surface area contributed by atoms with Gasteiger partial charge in [0, 0.05) is 0 Å². The van der Waals surface area contributed by atoms with Gasteiger partial charge in [-0.3, -0.25) is 14.4 Å². The molecule has 0 bridgehead atoms. The Labute approximate surface area is 185 Å². The normalized spacial score (nSPS) is 15.7. The highest BCUT2D eigenvalue weighted by Gasteiger charge is 2.84. The summed E-state index contributed by atoms with van der Waals surface area (Å²) in [5, 5.41) is 0. The maximum absolute atomic E-state index is 13.5. The zero-order valence-electron chi connectivity index (χ0n) is 15.7. The molecular weight excluding hydrogens is 603 g/mol. The van der Waals surface area contributed by atoms with E-state index >= 15 is 0 Å². The van der Waals surface area contributed by atoms with Gasteiger partial charge in [0.1, 0.15) is 0 Å². The third-order valence-corrected chi connectivity index (χ3v) is 3.97. The number of hydrogen-bond acceptors (Lipinski definition) is 3. The number of carbonyl (C=O) groups excluding carboxylic acids is 3. The van der Waals surface area contributed by atoms with Crippen molar-refractivity contribution in [3.8, 4) is 0 Å². The molecule has 0 unspecified atom stereocenters. The van der Waals surface area contributed by atoms with Crippen LogP contribution in [0.1, 0.15) is 0 Å². The second-order valence-electron chi connectivity index (χ2n) is 6.47. The second-order valence-corrected chi connectivity index (χ2v) is 6.47. The Morgan fingerprint density at radius 2 is 0.459 bits per heavy atom. The molecule has 3 nitrogen and oxygen atoms in total. The first-order valence-corrected chi connectivity index (χ1v) is 7.70. The first-order chi connectivity index (χ1) is 15.6. The van der Waals surface area contributed by atoms with E-state index in [4.69, 9.17) is 0 Å². The molecule has 0 radical (unpaired) electrons. The van der Waals surface area contributed by atoms with E-state index < -0.39 is 77.3 Å². The Kier molecular flexibility index (Phi) is 8.21. The minimum absolute atomic E-state index is 5.42. The molecule has 0 N–H and O–H groups in total. The molecule has 37 heavy (non-hydrogen) atoms. The molecule has 0 heterocycles. The minimum atomic E-state index is -8.11. The summed E-state index contributed by atoms with van der Waals surface area (Å²) in [5.41, 5.74) is 0. The molecule has 0 aromatic rings. The minimum Gasteiger partial charge on any atom is -0.291 e. The van der Waals surface area contributed by atoms with Gasteiger partial charge in [0.05, 0.1) is 0 Å². The van der Waals surface area contributed by atoms with Gasteiger partial charge >= 0.3 is 54.1 Å². The van der Waals surface area contributed by atoms with Crippen LogP contribution in [0.2, 0.25) is 0 Å². The average molecular weight is 604 g/mol. The van der Waals surface area contributed by atoms with E-state index in [1.165, 1.54) is 0 Å². The fourth-order valence-electron chi connectivity index (χ4n) is 1.90. The third kappa shape index (κ3) is 5.02. The van der Waals surface area contributed by atoms with Gasteiger partial charge in [0.2, 0.25) is 17.3 Å². The molecule has 0 aliphatic rings. The van der Waals surface area contributed by atoms with Crippen molar-refractivity contribution >= 4 is 17.3 Å². The van der Waals surface area contributed by atoms with Gasteiger partial charge in [-0.25, -0.2) is 0 Å². The number of ketones is 3. The molecule has 0 saturated heterocycles. The first kappa shape index (κ1) is 34.5. The first-order valence-electron chi connectivity index (χ1n) is 7.70. The van der Waals surface area contributed by atoms with Crippen molar-refractivity contribution in [2.24, 2.45) is 5.92 Å². The number of rotatable bonds is 9. The van der Waals surface area contributed by atoms with Crippen LogP contribution in [0.15, 0.2) is 0 Å². The van der Waals surface area contributed by atoms with E-state index in [2.05, 4.69) is 0 Å². The van der Waals surface area contributed by atoms with Crippen LogP contribution < -0.4 is 0 Å². The molecule has 0 rings (SSSR count). The second kappa shape index (κ2) is 8.80. The van der Waals surface area contributed by atoms with Crippen molar-refractivity contribution in [1.29, 1.82) is 0 Å². The number of carbonyl (C=O) groups is 3. The summed E-state index contributed by atoms with van der Waals surface area (Å²) in [7, 11) is 0. The largest absolute Gasteiger partial charge is 0.460 e. The van der Waals surface area contributed by atoms with E-state index in [1.807, 2.05) is 0 Å². The van der Waals surface area contributed by atoms with Gasteiger partial charge in [-0.05, 0) is 0 Å². The van der Waals surface area contributed by atoms with Gasteiger partial charge in [-0.15, -0.1) is 0 Å². The molecular formula is C13HF21O3. The lowest BCUT2D eigenvalue weighted by Crippen LogP contribution is -2.67. The van der Waals surface area contributed by atoms with Gasteiger partial charge in [-0.1, -0.05) is 0 Å². The molecule has 0 atom stereocenters. The van der Waals surface area contributed by atoms with E-state index in [1.54, 1.807) is 0 Å². The topological polar surface area (TPSA) is 51.2 Å². The van der Waals surface area contributed by atoms with Gasteiger partial charge in [0.25, 0.3) is 0 Å². The molecule has 0 aliphatic carbocycles. The van der Waals surface area contributed by atoms with Crippen LogP contribution in [-0.2, 0) is 14.4 Å². The van der Waals surface area contributed by atoms with Crippen molar-refractivity contribution in [2.45, 2.75) is 54.1 Å². The van der Waals surface area contributed by atoms with Crippen molar-refractivity contribution in [2.75, 3.05) is 0 Å². The number of alkyl halides is 21. The SMILES string of the molecule is O=C(C(C(=O)C(F)(F)C(F)(F)C(F)(F)F)C(=O)C(F)(F)C(F)(F)C(F)(F)F)C(F)(F)C(F)(F)C(F)(F)F. The highest BCUT2D eigenvalue weighted by molar-refractivity contribution is 6.25. The summed E-state index contributed by atoms with van der Waals surface area (Å²) in [6.45, 7) is 0. The van der Waals surface area contributed by atoms with Crippen LogP contribution in [0.3, 0.4) is 0 Å². The summed E-state index contributed by atoms with van der Waals surface area (Å²) in [6.07, 6.45) is -23.5. The van der Waals surface area contributed by atoms with Gasteiger partial charge < -0.3 is 0 Å². The number of halogens is 21. The van der Waals surface area contributed by atoms with E-state index in [0.717, 1.165) is 0 Å². The number of hydrogen-bond donors (Lipinski definition) is 0. The average Bonchev–Trinajstić information content (AvgIpc) is 2.64. The predicted octanol–water partition coefficient (Wildman–Crippen LogP) is 5.81. The zero-order valence-corrected chi connectivity index (χ0v) is 15.7. The van der Waals surface area contributed by atoms with E-state index in [0.29, 0.717) is 0 Å². The molecule has 218 valence electrons. The van der Waals surface area contributed by atoms with Crippen LogP contribution in [0.25, 0.3) is 0 Å². The molecule has 0 saturated carbocycles. The third-order valence-electron chi connectivity index (χ3n) is 3.97. The molecule has 0 aromatic carbocycles. The van der Waals surface area contributed by atoms with Gasteiger partial charge in [-0.2, -0.15) is 92.2 Å². The Balaban J connectivity index is 7.48. The summed E-state index contributed by atoms with van der Waals surface area (Å²) in [5.74, 6) is -71.4. The highest BCUT2D eigenvalue weighted by atomic mass is 19.4. The lowest BCUT2D eigenvalue weighted by Gasteiger charge is -2.34. The summed E-state index contributed by atoms with van der Waals surface area (Å²) >= 11 is 0. The lowest BCUT2D eigenvalue weighted by molar-refractivity contribution is -0.349. The monoisotopic (exact) mass is 604 g/mol. The van der Waals surface area contributed by atoms with E-state index in [9.17, 15) is 107 Å². The molecule has 0 spiro atoms. The van der Waals surface area contributed by atoms with Crippen LogP contribution in [0.5, 0.6) is 0 Å². The van der Waals surface area contributed by atoms with Crippen LogP contribution in [-0.4, -0.2) is 71.4 Å². The Hall–Kier alpha value is -2.46. The smallest absolute Gasteiger partial charge is 0.291 e. The standard InChI is InChI=1S/C13HF21O3/c14-5(15,8(20,21)11(26,27)28)2(35)1(3(36)6(16,17)9(22,23)12(29,30)31)4(37)7(18,19)10(24,25)13(32,33)34/h1H. The predicted molar refractivity (Wildman–Crippen MR) is 66.4 cm³/mol. The number of Topliss-reactive ketones (excluding diaryl/α,β-unsaturated/α-hetero) is 3. The van der Waals surface area contributed by atoms with Gasteiger partial charge in [0.15, 0.2) is 5.92 Å². The molecule has 0 aliphatic heterocycles. The fraction of sp³-hybridized carbons (Fsp3) is 0.769. The maximum atomic E-state index is 13.5. The maximum Gasteiger partial charge on any atom is 0.460 e. The fourth-order valence-corrected chi connectivity index (χ4v) is 1.90. The van der Waals surface area contributed by atoms with E-state index in [-0.39, 0.29) is 0 Å². The molecule has 0 amide bonds. The van der Waals surface area contributed by atoms with Crippen LogP contribution in [0.4, 0.5) is 92.2 Å². The summed E-state index contributed by atoms with van der Waals surface area (Å²) in [6, 6.07) is 0. The Morgan fingerprint density at radius 1 is 0.324 bits per heavy atom. The van der Waals surface area contributed by atoms with Crippen molar-refractivity contribution in [3.05, 3.63) is 0 Å². The summed E-state index contributed by atoms with van der Waals surface area (Å²) in [4.78, 5) is 33.9. The zero-order chi connectivity index (χ0) is 30.8. The molecule has 0 fully saturated rings. The van der Waals surface area contributed by atoms with Crippen molar-refractivity contribution < 1.29 is 107 Å². The highest BCUT2D eigenvalue weighted by Crippen LogP contribution is 2.53. The Morgan fingerprint density at radius 3 is 0.568 bits per heavy atom. The Bertz CT molecular complexity index is 799. The van der Waals surface area contributed by atoms with Crippen molar-refractivity contribution in [1.82, 2.24) is 0 Å². The summed E-state index contributed by atoms with van der Waals surface area (Å²) < 4.78 is 268.